The summed E-state index contributed by atoms with van der Waals surface area (Å²) in [5.41, 5.74) is 3.92. The smallest absolute Gasteiger partial charge is 0.123 e. The maximum Gasteiger partial charge on any atom is 0.123 e. The Balaban J connectivity index is 1.63. The van der Waals surface area contributed by atoms with Crippen LogP contribution < -0.4 is 4.74 Å². The van der Waals surface area contributed by atoms with Gasteiger partial charge in [-0.3, -0.25) is 0 Å². The van der Waals surface area contributed by atoms with Gasteiger partial charge in [-0.25, -0.2) is 4.39 Å². The van der Waals surface area contributed by atoms with Gasteiger partial charge in [0.2, 0.25) is 0 Å². The molecule has 0 spiro atoms. The predicted molar refractivity (Wildman–Crippen MR) is 87.3 cm³/mol. The Morgan fingerprint density at radius 2 is 1.96 bits per heavy atom. The van der Waals surface area contributed by atoms with Crippen LogP contribution in [0.3, 0.4) is 0 Å². The van der Waals surface area contributed by atoms with Crippen LogP contribution in [0.1, 0.15) is 41.6 Å². The summed E-state index contributed by atoms with van der Waals surface area (Å²) in [6, 6.07) is 13.2. The van der Waals surface area contributed by atoms with Crippen molar-refractivity contribution < 1.29 is 13.9 Å². The second-order valence-corrected chi connectivity index (χ2v) is 6.58. The van der Waals surface area contributed by atoms with E-state index in [0.29, 0.717) is 11.8 Å². The molecule has 0 unspecified atom stereocenters. The number of fused-ring (bicyclic) bond motifs is 3. The van der Waals surface area contributed by atoms with E-state index in [2.05, 4.69) is 18.2 Å². The average molecular weight is 312 g/mol. The molecule has 23 heavy (non-hydrogen) atoms. The van der Waals surface area contributed by atoms with E-state index in [-0.39, 0.29) is 11.9 Å². The van der Waals surface area contributed by atoms with E-state index in [1.807, 2.05) is 12.1 Å². The molecule has 0 aromatic heterocycles. The highest BCUT2D eigenvalue weighted by molar-refractivity contribution is 5.40. The molecular formula is C20H21FO2. The third-order valence-corrected chi connectivity index (χ3v) is 5.33. The molecule has 1 fully saturated rings. The summed E-state index contributed by atoms with van der Waals surface area (Å²) in [5, 5.41) is 0. The third kappa shape index (κ3) is 2.74. The Morgan fingerprint density at radius 3 is 2.74 bits per heavy atom. The fourth-order valence-corrected chi connectivity index (χ4v) is 4.04. The van der Waals surface area contributed by atoms with Gasteiger partial charge in [0.15, 0.2) is 0 Å². The molecule has 2 nitrogen and oxygen atoms in total. The molecule has 3 heteroatoms. The number of ether oxygens (including phenoxy) is 2. The second kappa shape index (κ2) is 5.97. The molecule has 1 heterocycles. The lowest BCUT2D eigenvalue weighted by molar-refractivity contribution is -0.0340. The number of halogens is 1. The summed E-state index contributed by atoms with van der Waals surface area (Å²) in [4.78, 5) is 0. The van der Waals surface area contributed by atoms with Crippen molar-refractivity contribution in [1.82, 2.24) is 0 Å². The average Bonchev–Trinajstić information content (AvgIpc) is 2.61. The van der Waals surface area contributed by atoms with Crippen LogP contribution in [0.2, 0.25) is 0 Å². The molecule has 3 atom stereocenters. The molecule has 120 valence electrons. The fourth-order valence-electron chi connectivity index (χ4n) is 4.04. The molecule has 2 aromatic rings. The van der Waals surface area contributed by atoms with Crippen molar-refractivity contribution in [2.45, 2.75) is 31.3 Å². The minimum atomic E-state index is -0.199. The molecule has 0 radical (unpaired) electrons. The van der Waals surface area contributed by atoms with Gasteiger partial charge in [-0.2, -0.15) is 0 Å². The topological polar surface area (TPSA) is 18.5 Å². The summed E-state index contributed by atoms with van der Waals surface area (Å²) in [6.07, 6.45) is 3.30. The summed E-state index contributed by atoms with van der Waals surface area (Å²) in [6.45, 7) is 0.781. The van der Waals surface area contributed by atoms with E-state index in [0.717, 1.165) is 30.8 Å². The van der Waals surface area contributed by atoms with Crippen molar-refractivity contribution in [3.8, 4) is 5.75 Å². The number of rotatable bonds is 2. The van der Waals surface area contributed by atoms with Crippen LogP contribution in [0.5, 0.6) is 5.75 Å². The largest absolute Gasteiger partial charge is 0.497 e. The fraction of sp³-hybridized carbons (Fsp3) is 0.400. The standard InChI is InChI=1S/C20H21FO2/c1-22-17-9-6-13-2-3-15-12-23-20(11-19(15)18(13)10-17)14-4-7-16(21)8-5-14/h4-10,15,19-20H,2-3,11-12H2,1H3/t15-,19-,20-/m1/s1. The Bertz CT molecular complexity index is 695. The maximum atomic E-state index is 13.1. The van der Waals surface area contributed by atoms with Crippen LogP contribution >= 0.6 is 0 Å². The summed E-state index contributed by atoms with van der Waals surface area (Å²) in [7, 11) is 1.72. The van der Waals surface area contributed by atoms with Gasteiger partial charge in [0.05, 0.1) is 19.8 Å². The summed E-state index contributed by atoms with van der Waals surface area (Å²) < 4.78 is 24.7. The number of hydrogen-bond donors (Lipinski definition) is 0. The number of benzene rings is 2. The van der Waals surface area contributed by atoms with Gasteiger partial charge in [0, 0.05) is 0 Å². The second-order valence-electron chi connectivity index (χ2n) is 6.58. The van der Waals surface area contributed by atoms with Crippen molar-refractivity contribution >= 4 is 0 Å². The van der Waals surface area contributed by atoms with Crippen molar-refractivity contribution in [1.29, 1.82) is 0 Å². The van der Waals surface area contributed by atoms with Gasteiger partial charge >= 0.3 is 0 Å². The molecule has 0 saturated carbocycles. The number of aryl methyl sites for hydroxylation is 1. The van der Waals surface area contributed by atoms with Crippen LogP contribution in [0, 0.1) is 11.7 Å². The van der Waals surface area contributed by atoms with Crippen LogP contribution in [0.25, 0.3) is 0 Å². The highest BCUT2D eigenvalue weighted by Gasteiger charge is 2.36. The Labute approximate surface area is 136 Å². The molecule has 0 amide bonds. The molecule has 2 aliphatic rings. The highest BCUT2D eigenvalue weighted by Crippen LogP contribution is 2.47. The van der Waals surface area contributed by atoms with E-state index in [4.69, 9.17) is 9.47 Å². The van der Waals surface area contributed by atoms with Crippen LogP contribution in [0.15, 0.2) is 42.5 Å². The Kier molecular flexibility index (Phi) is 3.82. The van der Waals surface area contributed by atoms with Crippen molar-refractivity contribution in [3.05, 3.63) is 65.0 Å². The van der Waals surface area contributed by atoms with Crippen LogP contribution in [-0.2, 0) is 11.2 Å². The van der Waals surface area contributed by atoms with Gasteiger partial charge in [-0.05, 0) is 72.1 Å². The van der Waals surface area contributed by atoms with Gasteiger partial charge in [-0.15, -0.1) is 0 Å². The zero-order valence-corrected chi connectivity index (χ0v) is 13.3. The molecule has 4 rings (SSSR count). The Morgan fingerprint density at radius 1 is 1.13 bits per heavy atom. The lowest BCUT2D eigenvalue weighted by atomic mass is 9.71. The minimum Gasteiger partial charge on any atom is -0.497 e. The van der Waals surface area contributed by atoms with E-state index in [9.17, 15) is 4.39 Å². The quantitative estimate of drug-likeness (QED) is 0.804. The van der Waals surface area contributed by atoms with Gasteiger partial charge in [-0.1, -0.05) is 18.2 Å². The van der Waals surface area contributed by atoms with E-state index in [1.165, 1.54) is 29.7 Å². The lowest BCUT2D eigenvalue weighted by Gasteiger charge is -2.40. The zero-order chi connectivity index (χ0) is 15.8. The third-order valence-electron chi connectivity index (χ3n) is 5.33. The number of methoxy groups -OCH3 is 1. The molecule has 0 N–H and O–H groups in total. The minimum absolute atomic E-state index is 0.0500. The van der Waals surface area contributed by atoms with Gasteiger partial charge in [0.25, 0.3) is 0 Å². The molecular weight excluding hydrogens is 291 g/mol. The Hall–Kier alpha value is -1.87. The van der Waals surface area contributed by atoms with Gasteiger partial charge in [0.1, 0.15) is 11.6 Å². The van der Waals surface area contributed by atoms with Gasteiger partial charge < -0.3 is 9.47 Å². The monoisotopic (exact) mass is 312 g/mol. The van der Waals surface area contributed by atoms with E-state index >= 15 is 0 Å². The van der Waals surface area contributed by atoms with Crippen molar-refractivity contribution in [3.63, 3.8) is 0 Å². The van der Waals surface area contributed by atoms with Crippen LogP contribution in [0.4, 0.5) is 4.39 Å². The number of hydrogen-bond acceptors (Lipinski definition) is 2. The molecule has 1 saturated heterocycles. The normalized spacial score (nSPS) is 26.3. The van der Waals surface area contributed by atoms with Crippen LogP contribution in [-0.4, -0.2) is 13.7 Å². The molecule has 2 aromatic carbocycles. The van der Waals surface area contributed by atoms with Crippen molar-refractivity contribution in [2.75, 3.05) is 13.7 Å². The van der Waals surface area contributed by atoms with Crippen molar-refractivity contribution in [2.24, 2.45) is 5.92 Å². The molecule has 1 aliphatic heterocycles. The first-order valence-corrected chi connectivity index (χ1v) is 8.28. The lowest BCUT2D eigenvalue weighted by Crippen LogP contribution is -2.32. The molecule has 0 bridgehead atoms. The van der Waals surface area contributed by atoms with E-state index in [1.54, 1.807) is 7.11 Å². The van der Waals surface area contributed by atoms with E-state index < -0.39 is 0 Å². The first-order valence-electron chi connectivity index (χ1n) is 8.28. The SMILES string of the molecule is COc1ccc2c(c1)[C@@H]1C[C@H](c3ccc(F)cc3)OC[C@H]1CC2. The highest BCUT2D eigenvalue weighted by atomic mass is 19.1. The predicted octanol–water partition coefficient (Wildman–Crippen LogP) is 4.64. The first-order chi connectivity index (χ1) is 11.2. The zero-order valence-electron chi connectivity index (χ0n) is 13.3. The summed E-state index contributed by atoms with van der Waals surface area (Å²) >= 11 is 0. The molecule has 1 aliphatic carbocycles. The summed E-state index contributed by atoms with van der Waals surface area (Å²) in [5.74, 6) is 1.80. The maximum absolute atomic E-state index is 13.1. The first kappa shape index (κ1) is 14.7.